The number of aromatic carboxylic acids is 1. The molecule has 1 heterocycles. The topological polar surface area (TPSA) is 83.9 Å². The van der Waals surface area contributed by atoms with Crippen molar-refractivity contribution < 1.29 is 23.1 Å². The fourth-order valence-corrected chi connectivity index (χ4v) is 3.60. The van der Waals surface area contributed by atoms with Crippen molar-refractivity contribution in [3.8, 4) is 0 Å². The van der Waals surface area contributed by atoms with Crippen LogP contribution in [0.2, 0.25) is 5.02 Å². The second kappa shape index (κ2) is 5.69. The van der Waals surface area contributed by atoms with Gasteiger partial charge in [-0.3, -0.25) is 0 Å². The number of hydrogen-bond donors (Lipinski definition) is 1. The van der Waals surface area contributed by atoms with Gasteiger partial charge in [-0.1, -0.05) is 11.6 Å². The molecule has 1 aromatic rings. The summed E-state index contributed by atoms with van der Waals surface area (Å²) in [5, 5.41) is 9.00. The Labute approximate surface area is 122 Å². The van der Waals surface area contributed by atoms with Crippen molar-refractivity contribution >= 4 is 27.6 Å². The highest BCUT2D eigenvalue weighted by Gasteiger charge is 2.31. The molecule has 110 valence electrons. The van der Waals surface area contributed by atoms with Crippen molar-refractivity contribution in [1.29, 1.82) is 0 Å². The van der Waals surface area contributed by atoms with Gasteiger partial charge in [0.15, 0.2) is 0 Å². The minimum absolute atomic E-state index is 0.00306. The van der Waals surface area contributed by atoms with Crippen LogP contribution in [0.25, 0.3) is 0 Å². The number of benzene rings is 1. The lowest BCUT2D eigenvalue weighted by Crippen LogP contribution is -2.37. The average Bonchev–Trinajstić information content (AvgIpc) is 2.91. The number of rotatable bonds is 4. The quantitative estimate of drug-likeness (QED) is 0.908. The molecule has 1 fully saturated rings. The van der Waals surface area contributed by atoms with Crippen molar-refractivity contribution in [2.75, 3.05) is 20.3 Å². The predicted octanol–water partition coefficient (Wildman–Crippen LogP) is 1.45. The number of carbonyl (C=O) groups is 1. The summed E-state index contributed by atoms with van der Waals surface area (Å²) in [6.07, 6.45) is 0.620. The molecular weight excluding hydrogens is 306 g/mol. The fourth-order valence-electron chi connectivity index (χ4n) is 2.00. The van der Waals surface area contributed by atoms with E-state index in [2.05, 4.69) is 0 Å². The highest BCUT2D eigenvalue weighted by Crippen LogP contribution is 2.25. The van der Waals surface area contributed by atoms with Crippen LogP contribution in [0.3, 0.4) is 0 Å². The minimum Gasteiger partial charge on any atom is -0.478 e. The van der Waals surface area contributed by atoms with Crippen LogP contribution in [0.15, 0.2) is 23.1 Å². The molecule has 20 heavy (non-hydrogen) atoms. The van der Waals surface area contributed by atoms with Gasteiger partial charge >= 0.3 is 5.97 Å². The van der Waals surface area contributed by atoms with Gasteiger partial charge in [0.25, 0.3) is 0 Å². The zero-order valence-electron chi connectivity index (χ0n) is 10.7. The molecule has 1 saturated heterocycles. The molecule has 0 saturated carbocycles. The Morgan fingerprint density at radius 2 is 2.20 bits per heavy atom. The Morgan fingerprint density at radius 3 is 2.75 bits per heavy atom. The Kier molecular flexibility index (Phi) is 4.33. The van der Waals surface area contributed by atoms with Gasteiger partial charge in [-0.25, -0.2) is 13.2 Å². The number of hydrogen-bond acceptors (Lipinski definition) is 4. The van der Waals surface area contributed by atoms with Gasteiger partial charge in [-0.2, -0.15) is 4.31 Å². The molecule has 0 spiro atoms. The third-order valence-electron chi connectivity index (χ3n) is 3.27. The molecule has 1 aliphatic rings. The molecule has 1 aromatic carbocycles. The molecule has 8 heteroatoms. The van der Waals surface area contributed by atoms with E-state index in [0.717, 1.165) is 6.07 Å². The summed E-state index contributed by atoms with van der Waals surface area (Å²) in [5.41, 5.74) is -0.233. The van der Waals surface area contributed by atoms with Gasteiger partial charge in [0.1, 0.15) is 0 Å². The maximum Gasteiger partial charge on any atom is 0.337 e. The summed E-state index contributed by atoms with van der Waals surface area (Å²) in [5.74, 6) is -1.26. The number of sulfonamides is 1. The first-order valence-electron chi connectivity index (χ1n) is 5.92. The van der Waals surface area contributed by atoms with E-state index >= 15 is 0 Å². The van der Waals surface area contributed by atoms with Gasteiger partial charge in [0.05, 0.1) is 28.1 Å². The zero-order valence-corrected chi connectivity index (χ0v) is 12.3. The maximum absolute atomic E-state index is 12.4. The summed E-state index contributed by atoms with van der Waals surface area (Å²) in [6.45, 7) is 0.862. The molecule has 1 aliphatic heterocycles. The smallest absolute Gasteiger partial charge is 0.337 e. The highest BCUT2D eigenvalue weighted by molar-refractivity contribution is 7.89. The Hall–Kier alpha value is -1.15. The SMILES string of the molecule is CN(C1CCOC1)S(=O)(=O)c1ccc(Cl)c(C(=O)O)c1. The molecule has 2 rings (SSSR count). The van der Waals surface area contributed by atoms with Crippen LogP contribution in [0.5, 0.6) is 0 Å². The number of nitrogens with zero attached hydrogens (tertiary/aromatic N) is 1. The summed E-state index contributed by atoms with van der Waals surface area (Å²) < 4.78 is 31.3. The molecule has 1 atom stereocenters. The van der Waals surface area contributed by atoms with Crippen LogP contribution < -0.4 is 0 Å². The lowest BCUT2D eigenvalue weighted by molar-refractivity contribution is 0.0697. The highest BCUT2D eigenvalue weighted by atomic mass is 35.5. The van der Waals surface area contributed by atoms with Crippen molar-refractivity contribution in [2.45, 2.75) is 17.4 Å². The van der Waals surface area contributed by atoms with Crippen LogP contribution in [0.4, 0.5) is 0 Å². The van der Waals surface area contributed by atoms with Crippen LogP contribution in [-0.2, 0) is 14.8 Å². The molecule has 0 aliphatic carbocycles. The predicted molar refractivity (Wildman–Crippen MR) is 72.6 cm³/mol. The van der Waals surface area contributed by atoms with Gasteiger partial charge < -0.3 is 9.84 Å². The number of halogens is 1. The third kappa shape index (κ3) is 2.80. The van der Waals surface area contributed by atoms with E-state index in [1.165, 1.54) is 23.5 Å². The molecular formula is C12H14ClNO5S. The second-order valence-electron chi connectivity index (χ2n) is 4.49. The largest absolute Gasteiger partial charge is 0.478 e. The molecule has 1 unspecified atom stereocenters. The lowest BCUT2D eigenvalue weighted by atomic mass is 10.2. The first-order chi connectivity index (χ1) is 9.34. The lowest BCUT2D eigenvalue weighted by Gasteiger charge is -2.22. The molecule has 0 radical (unpaired) electrons. The van der Waals surface area contributed by atoms with E-state index in [1.54, 1.807) is 0 Å². The van der Waals surface area contributed by atoms with E-state index in [4.69, 9.17) is 21.4 Å². The molecule has 0 amide bonds. The number of carboxylic acid groups (broad SMARTS) is 1. The monoisotopic (exact) mass is 319 g/mol. The molecule has 6 nitrogen and oxygen atoms in total. The molecule has 0 aromatic heterocycles. The summed E-state index contributed by atoms with van der Waals surface area (Å²) in [7, 11) is -2.30. The Balaban J connectivity index is 2.38. The minimum atomic E-state index is -3.76. The summed E-state index contributed by atoms with van der Waals surface area (Å²) in [6, 6.07) is 3.42. The normalized spacial score (nSPS) is 19.4. The van der Waals surface area contributed by atoms with Crippen LogP contribution >= 0.6 is 11.6 Å². The van der Waals surface area contributed by atoms with Crippen molar-refractivity contribution in [2.24, 2.45) is 0 Å². The average molecular weight is 320 g/mol. The van der Waals surface area contributed by atoms with E-state index in [9.17, 15) is 13.2 Å². The zero-order chi connectivity index (χ0) is 14.9. The number of likely N-dealkylation sites (N-methyl/N-ethyl adjacent to an activating group) is 1. The van der Waals surface area contributed by atoms with E-state index in [1.807, 2.05) is 0 Å². The van der Waals surface area contributed by atoms with Crippen LogP contribution in [0, 0.1) is 0 Å². The van der Waals surface area contributed by atoms with Crippen LogP contribution in [-0.4, -0.2) is 50.1 Å². The Bertz CT molecular complexity index is 625. The van der Waals surface area contributed by atoms with E-state index in [0.29, 0.717) is 19.6 Å². The molecule has 0 bridgehead atoms. The number of carboxylic acids is 1. The summed E-state index contributed by atoms with van der Waals surface area (Å²) in [4.78, 5) is 10.9. The second-order valence-corrected chi connectivity index (χ2v) is 6.89. The first kappa shape index (κ1) is 15.2. The van der Waals surface area contributed by atoms with E-state index < -0.39 is 16.0 Å². The number of ether oxygens (including phenoxy) is 1. The van der Waals surface area contributed by atoms with Gasteiger partial charge in [0.2, 0.25) is 10.0 Å². The van der Waals surface area contributed by atoms with Crippen molar-refractivity contribution in [3.05, 3.63) is 28.8 Å². The van der Waals surface area contributed by atoms with Crippen molar-refractivity contribution in [1.82, 2.24) is 4.31 Å². The summed E-state index contributed by atoms with van der Waals surface area (Å²) >= 11 is 5.74. The Morgan fingerprint density at radius 1 is 1.50 bits per heavy atom. The first-order valence-corrected chi connectivity index (χ1v) is 7.74. The van der Waals surface area contributed by atoms with Gasteiger partial charge in [0, 0.05) is 13.7 Å². The van der Waals surface area contributed by atoms with Gasteiger partial charge in [-0.15, -0.1) is 0 Å². The van der Waals surface area contributed by atoms with E-state index in [-0.39, 0.29) is 21.5 Å². The van der Waals surface area contributed by atoms with Gasteiger partial charge in [-0.05, 0) is 24.6 Å². The standard InChI is InChI=1S/C12H14ClNO5S/c1-14(8-4-5-19-7-8)20(17,18)9-2-3-11(13)10(6-9)12(15)16/h2-3,6,8H,4-5,7H2,1H3,(H,15,16). The van der Waals surface area contributed by atoms with Crippen LogP contribution in [0.1, 0.15) is 16.8 Å². The molecule has 1 N–H and O–H groups in total. The maximum atomic E-state index is 12.4. The third-order valence-corrected chi connectivity index (χ3v) is 5.50. The van der Waals surface area contributed by atoms with Crippen molar-refractivity contribution in [3.63, 3.8) is 0 Å². The fraction of sp³-hybridized carbons (Fsp3) is 0.417.